The molecule has 2 heterocycles. The summed E-state index contributed by atoms with van der Waals surface area (Å²) in [5, 5.41) is 0.447. The highest BCUT2D eigenvalue weighted by atomic mass is 35.5. The summed E-state index contributed by atoms with van der Waals surface area (Å²) in [7, 11) is 0. The molecule has 0 atom stereocenters. The predicted molar refractivity (Wildman–Crippen MR) is 54.1 cm³/mol. The van der Waals surface area contributed by atoms with E-state index in [0.29, 0.717) is 16.7 Å². The monoisotopic (exact) mass is 208 g/mol. The Morgan fingerprint density at radius 3 is 2.93 bits per heavy atom. The summed E-state index contributed by atoms with van der Waals surface area (Å²) < 4.78 is 5.19. The van der Waals surface area contributed by atoms with Crippen LogP contribution in [0.15, 0.2) is 28.9 Å². The Balaban J connectivity index is 2.48. The van der Waals surface area contributed by atoms with E-state index in [2.05, 4.69) is 9.97 Å². The van der Waals surface area contributed by atoms with Crippen molar-refractivity contribution in [3.63, 3.8) is 0 Å². The standard InChI is InChI=1S/C10H9ClN2O/c1-2-7-6-9(11)13-10(12-7)8-4-3-5-14-8/h3-6H,2H2,1H3. The molecule has 72 valence electrons. The highest BCUT2D eigenvalue weighted by molar-refractivity contribution is 6.29. The Hall–Kier alpha value is -1.35. The van der Waals surface area contributed by atoms with Gasteiger partial charge in [-0.25, -0.2) is 9.97 Å². The van der Waals surface area contributed by atoms with Crippen molar-refractivity contribution in [2.24, 2.45) is 0 Å². The lowest BCUT2D eigenvalue weighted by Crippen LogP contribution is -1.93. The molecule has 0 amide bonds. The second-order valence-electron chi connectivity index (χ2n) is 2.84. The Bertz CT molecular complexity index is 426. The van der Waals surface area contributed by atoms with Crippen LogP contribution in [-0.2, 0) is 6.42 Å². The number of aryl methyl sites for hydroxylation is 1. The van der Waals surface area contributed by atoms with Crippen molar-refractivity contribution in [1.29, 1.82) is 0 Å². The van der Waals surface area contributed by atoms with E-state index in [9.17, 15) is 0 Å². The van der Waals surface area contributed by atoms with E-state index in [1.54, 1.807) is 18.4 Å². The lowest BCUT2D eigenvalue weighted by atomic mass is 10.3. The van der Waals surface area contributed by atoms with Gasteiger partial charge in [0.15, 0.2) is 11.6 Å². The van der Waals surface area contributed by atoms with Gasteiger partial charge in [-0.3, -0.25) is 0 Å². The Morgan fingerprint density at radius 1 is 1.43 bits per heavy atom. The summed E-state index contributed by atoms with van der Waals surface area (Å²) in [4.78, 5) is 8.39. The summed E-state index contributed by atoms with van der Waals surface area (Å²) in [6.07, 6.45) is 2.42. The van der Waals surface area contributed by atoms with Gasteiger partial charge in [0.2, 0.25) is 0 Å². The van der Waals surface area contributed by atoms with E-state index in [4.69, 9.17) is 16.0 Å². The molecular formula is C10H9ClN2O. The first-order valence-electron chi connectivity index (χ1n) is 4.37. The molecule has 0 aliphatic rings. The molecule has 0 bridgehead atoms. The molecule has 2 rings (SSSR count). The van der Waals surface area contributed by atoms with Gasteiger partial charge in [0.1, 0.15) is 5.15 Å². The second kappa shape index (κ2) is 3.80. The van der Waals surface area contributed by atoms with Crippen LogP contribution in [0, 0.1) is 0 Å². The van der Waals surface area contributed by atoms with Gasteiger partial charge in [-0.2, -0.15) is 0 Å². The predicted octanol–water partition coefficient (Wildman–Crippen LogP) is 2.95. The maximum Gasteiger partial charge on any atom is 0.197 e. The van der Waals surface area contributed by atoms with Crippen molar-refractivity contribution in [1.82, 2.24) is 9.97 Å². The summed E-state index contributed by atoms with van der Waals surface area (Å²) >= 11 is 5.85. The maximum absolute atomic E-state index is 5.85. The highest BCUT2D eigenvalue weighted by Gasteiger charge is 2.06. The van der Waals surface area contributed by atoms with Crippen LogP contribution in [0.2, 0.25) is 5.15 Å². The summed E-state index contributed by atoms with van der Waals surface area (Å²) in [5.41, 5.74) is 0.913. The Morgan fingerprint density at radius 2 is 2.29 bits per heavy atom. The normalized spacial score (nSPS) is 10.4. The third-order valence-corrected chi connectivity index (χ3v) is 2.05. The minimum Gasteiger partial charge on any atom is -0.461 e. The van der Waals surface area contributed by atoms with Crippen molar-refractivity contribution in [3.8, 4) is 11.6 Å². The van der Waals surface area contributed by atoms with Crippen LogP contribution in [0.1, 0.15) is 12.6 Å². The van der Waals surface area contributed by atoms with Crippen molar-refractivity contribution in [3.05, 3.63) is 35.3 Å². The molecule has 0 spiro atoms. The van der Waals surface area contributed by atoms with E-state index >= 15 is 0 Å². The first kappa shape index (κ1) is 9.21. The molecule has 0 aliphatic carbocycles. The van der Waals surface area contributed by atoms with Gasteiger partial charge in [-0.1, -0.05) is 18.5 Å². The van der Waals surface area contributed by atoms with E-state index in [1.165, 1.54) is 0 Å². The van der Waals surface area contributed by atoms with Crippen LogP contribution in [-0.4, -0.2) is 9.97 Å². The van der Waals surface area contributed by atoms with Gasteiger partial charge in [-0.05, 0) is 24.6 Å². The van der Waals surface area contributed by atoms with Crippen LogP contribution in [0.3, 0.4) is 0 Å². The van der Waals surface area contributed by atoms with Crippen LogP contribution in [0.4, 0.5) is 0 Å². The van der Waals surface area contributed by atoms with Gasteiger partial charge >= 0.3 is 0 Å². The van der Waals surface area contributed by atoms with Crippen LogP contribution >= 0.6 is 11.6 Å². The van der Waals surface area contributed by atoms with Gasteiger partial charge in [0, 0.05) is 5.69 Å². The Labute approximate surface area is 86.8 Å². The number of hydrogen-bond acceptors (Lipinski definition) is 3. The topological polar surface area (TPSA) is 38.9 Å². The zero-order chi connectivity index (χ0) is 9.97. The number of furan rings is 1. The number of hydrogen-bond donors (Lipinski definition) is 0. The SMILES string of the molecule is CCc1cc(Cl)nc(-c2ccco2)n1. The van der Waals surface area contributed by atoms with Crippen molar-refractivity contribution < 1.29 is 4.42 Å². The third kappa shape index (κ3) is 1.77. The maximum atomic E-state index is 5.85. The summed E-state index contributed by atoms with van der Waals surface area (Å²) in [5.74, 6) is 1.18. The van der Waals surface area contributed by atoms with Crippen molar-refractivity contribution in [2.75, 3.05) is 0 Å². The lowest BCUT2D eigenvalue weighted by molar-refractivity contribution is 0.576. The molecule has 0 aromatic carbocycles. The molecule has 0 unspecified atom stereocenters. The number of halogens is 1. The zero-order valence-electron chi connectivity index (χ0n) is 7.70. The van der Waals surface area contributed by atoms with Crippen LogP contribution in [0.5, 0.6) is 0 Å². The fourth-order valence-corrected chi connectivity index (χ4v) is 1.37. The Kier molecular flexibility index (Phi) is 2.50. The fourth-order valence-electron chi connectivity index (χ4n) is 1.16. The molecule has 0 radical (unpaired) electrons. The van der Waals surface area contributed by atoms with E-state index in [0.717, 1.165) is 12.1 Å². The molecular weight excluding hydrogens is 200 g/mol. The van der Waals surface area contributed by atoms with Gasteiger partial charge in [-0.15, -0.1) is 0 Å². The number of nitrogens with zero attached hydrogens (tertiary/aromatic N) is 2. The average molecular weight is 209 g/mol. The van der Waals surface area contributed by atoms with Gasteiger partial charge in [0.25, 0.3) is 0 Å². The second-order valence-corrected chi connectivity index (χ2v) is 3.22. The smallest absolute Gasteiger partial charge is 0.197 e. The van der Waals surface area contributed by atoms with E-state index < -0.39 is 0 Å². The van der Waals surface area contributed by atoms with Crippen molar-refractivity contribution in [2.45, 2.75) is 13.3 Å². The molecule has 0 saturated carbocycles. The van der Waals surface area contributed by atoms with Crippen LogP contribution < -0.4 is 0 Å². The minimum atomic E-state index is 0.447. The zero-order valence-corrected chi connectivity index (χ0v) is 8.45. The first-order chi connectivity index (χ1) is 6.79. The van der Waals surface area contributed by atoms with Gasteiger partial charge < -0.3 is 4.42 Å². The molecule has 2 aromatic heterocycles. The molecule has 0 aliphatic heterocycles. The molecule has 0 fully saturated rings. The molecule has 0 N–H and O–H groups in total. The minimum absolute atomic E-state index is 0.447. The molecule has 0 saturated heterocycles. The molecule has 2 aromatic rings. The lowest BCUT2D eigenvalue weighted by Gasteiger charge is -2.00. The van der Waals surface area contributed by atoms with Gasteiger partial charge in [0.05, 0.1) is 6.26 Å². The number of aromatic nitrogens is 2. The largest absolute Gasteiger partial charge is 0.461 e. The summed E-state index contributed by atoms with van der Waals surface area (Å²) in [6, 6.07) is 5.37. The van der Waals surface area contributed by atoms with Crippen LogP contribution in [0.25, 0.3) is 11.6 Å². The number of rotatable bonds is 2. The van der Waals surface area contributed by atoms with Crippen molar-refractivity contribution >= 4 is 11.6 Å². The molecule has 4 heteroatoms. The first-order valence-corrected chi connectivity index (χ1v) is 4.74. The summed E-state index contributed by atoms with van der Waals surface area (Å²) in [6.45, 7) is 2.02. The molecule has 3 nitrogen and oxygen atoms in total. The highest BCUT2D eigenvalue weighted by Crippen LogP contribution is 2.18. The average Bonchev–Trinajstić information content (AvgIpc) is 2.69. The third-order valence-electron chi connectivity index (χ3n) is 1.85. The quantitative estimate of drug-likeness (QED) is 0.713. The fraction of sp³-hybridized carbons (Fsp3) is 0.200. The van der Waals surface area contributed by atoms with E-state index in [1.807, 2.05) is 13.0 Å². The molecule has 14 heavy (non-hydrogen) atoms. The van der Waals surface area contributed by atoms with E-state index in [-0.39, 0.29) is 0 Å².